The highest BCUT2D eigenvalue weighted by Gasteiger charge is 2.22. The summed E-state index contributed by atoms with van der Waals surface area (Å²) in [6.07, 6.45) is 5.17. The molecule has 194 valence electrons. The zero-order chi connectivity index (χ0) is 25.2. The summed E-state index contributed by atoms with van der Waals surface area (Å²) in [6, 6.07) is 16.4. The minimum Gasteiger partial charge on any atom is -0.493 e. The van der Waals surface area contributed by atoms with E-state index in [-0.39, 0.29) is 11.8 Å². The fourth-order valence-electron chi connectivity index (χ4n) is 4.97. The number of aryl methyl sites for hydroxylation is 1. The molecular weight excluding hydrogens is 454 g/mol. The van der Waals surface area contributed by atoms with Gasteiger partial charge in [-0.05, 0) is 55.7 Å². The van der Waals surface area contributed by atoms with Crippen molar-refractivity contribution in [2.75, 3.05) is 32.8 Å². The van der Waals surface area contributed by atoms with Gasteiger partial charge in [-0.25, -0.2) is 0 Å². The molecule has 4 rings (SSSR count). The number of aliphatic hydroxyl groups excluding tert-OH is 1. The first-order chi connectivity index (χ1) is 17.6. The van der Waals surface area contributed by atoms with Gasteiger partial charge in [0.2, 0.25) is 11.8 Å². The number of amides is 2. The van der Waals surface area contributed by atoms with Crippen molar-refractivity contribution in [2.24, 2.45) is 0 Å². The van der Waals surface area contributed by atoms with Gasteiger partial charge in [0.1, 0.15) is 5.75 Å². The third-order valence-corrected chi connectivity index (χ3v) is 6.91. The number of fused-ring (bicyclic) bond motifs is 1. The molecule has 0 spiro atoms. The topological polar surface area (TPSA) is 82.1 Å². The van der Waals surface area contributed by atoms with E-state index in [9.17, 15) is 14.7 Å². The Morgan fingerprint density at radius 2 is 1.89 bits per heavy atom. The lowest BCUT2D eigenvalue weighted by Crippen LogP contribution is -2.42. The number of carbonyl (C=O) groups is 2. The van der Waals surface area contributed by atoms with E-state index in [0.29, 0.717) is 52.2 Å². The van der Waals surface area contributed by atoms with Crippen LogP contribution in [0.15, 0.2) is 48.5 Å². The van der Waals surface area contributed by atoms with Crippen molar-refractivity contribution < 1.29 is 19.4 Å². The summed E-state index contributed by atoms with van der Waals surface area (Å²) in [6.45, 7) is 4.06. The van der Waals surface area contributed by atoms with Crippen LogP contribution in [0.25, 0.3) is 0 Å². The predicted octanol–water partition coefficient (Wildman–Crippen LogP) is 3.28. The van der Waals surface area contributed by atoms with Gasteiger partial charge in [0.25, 0.3) is 0 Å². The van der Waals surface area contributed by atoms with E-state index in [0.717, 1.165) is 61.1 Å². The van der Waals surface area contributed by atoms with E-state index >= 15 is 0 Å². The molecule has 2 amide bonds. The fourth-order valence-corrected chi connectivity index (χ4v) is 4.97. The molecule has 2 aromatic carbocycles. The van der Waals surface area contributed by atoms with Gasteiger partial charge in [-0.15, -0.1) is 0 Å². The number of likely N-dealkylation sites (tertiary alicyclic amines) is 1. The van der Waals surface area contributed by atoms with Gasteiger partial charge < -0.3 is 20.1 Å². The Morgan fingerprint density at radius 3 is 2.72 bits per heavy atom. The van der Waals surface area contributed by atoms with Gasteiger partial charge in [-0.1, -0.05) is 42.5 Å². The molecular formula is C29H39N3O4. The molecule has 1 fully saturated rings. The normalized spacial score (nSPS) is 20.2. The molecule has 2 aliphatic heterocycles. The molecule has 7 heteroatoms. The lowest BCUT2D eigenvalue weighted by molar-refractivity contribution is -0.134. The minimum absolute atomic E-state index is 0.0399. The summed E-state index contributed by atoms with van der Waals surface area (Å²) < 4.78 is 6.18. The average Bonchev–Trinajstić information content (AvgIpc) is 2.89. The van der Waals surface area contributed by atoms with Crippen LogP contribution in [0.3, 0.4) is 0 Å². The minimum atomic E-state index is -0.408. The molecule has 0 saturated carbocycles. The van der Waals surface area contributed by atoms with Crippen molar-refractivity contribution in [3.8, 4) is 5.75 Å². The molecule has 0 aliphatic carbocycles. The van der Waals surface area contributed by atoms with Crippen molar-refractivity contribution in [3.05, 3.63) is 65.2 Å². The Hall–Kier alpha value is -2.90. The van der Waals surface area contributed by atoms with Gasteiger partial charge in [0.15, 0.2) is 0 Å². The molecule has 7 nitrogen and oxygen atoms in total. The highest BCUT2D eigenvalue weighted by molar-refractivity contribution is 5.78. The van der Waals surface area contributed by atoms with Crippen molar-refractivity contribution in [3.63, 3.8) is 0 Å². The maximum atomic E-state index is 12.7. The van der Waals surface area contributed by atoms with Crippen LogP contribution in [0.4, 0.5) is 0 Å². The number of nitrogens with zero attached hydrogens (tertiary/aromatic N) is 2. The zero-order valence-corrected chi connectivity index (χ0v) is 21.2. The van der Waals surface area contributed by atoms with Gasteiger partial charge in [-0.2, -0.15) is 0 Å². The Kier molecular flexibility index (Phi) is 9.76. The molecule has 2 aromatic rings. The molecule has 2 aliphatic rings. The Bertz CT molecular complexity index is 997. The number of hydrogen-bond acceptors (Lipinski definition) is 5. The van der Waals surface area contributed by atoms with E-state index in [1.807, 2.05) is 30.3 Å². The average molecular weight is 494 g/mol. The predicted molar refractivity (Wildman–Crippen MR) is 139 cm³/mol. The number of hydrogen-bond donors (Lipinski definition) is 2. The van der Waals surface area contributed by atoms with E-state index in [4.69, 9.17) is 4.74 Å². The number of β-amino-alcohol motifs (C(OH)–C–C–N with tert-alkyl or cyclic N) is 1. The van der Waals surface area contributed by atoms with E-state index < -0.39 is 6.10 Å². The van der Waals surface area contributed by atoms with Gasteiger partial charge in [-0.3, -0.25) is 14.5 Å². The van der Waals surface area contributed by atoms with Crippen molar-refractivity contribution in [2.45, 2.75) is 64.1 Å². The maximum Gasteiger partial charge on any atom is 0.234 e. The lowest BCUT2D eigenvalue weighted by Gasteiger charge is -2.30. The molecule has 2 heterocycles. The van der Waals surface area contributed by atoms with Gasteiger partial charge in [0, 0.05) is 44.7 Å². The summed E-state index contributed by atoms with van der Waals surface area (Å²) in [4.78, 5) is 29.3. The number of rotatable bonds is 5. The Labute approximate surface area is 214 Å². The molecule has 2 N–H and O–H groups in total. The molecule has 1 unspecified atom stereocenters. The molecule has 1 atom stereocenters. The summed E-state index contributed by atoms with van der Waals surface area (Å²) >= 11 is 0. The fraction of sp³-hybridized carbons (Fsp3) is 0.517. The van der Waals surface area contributed by atoms with Crippen LogP contribution in [0.1, 0.15) is 55.2 Å². The largest absolute Gasteiger partial charge is 0.493 e. The van der Waals surface area contributed by atoms with E-state index in [2.05, 4.69) is 28.4 Å². The van der Waals surface area contributed by atoms with Crippen molar-refractivity contribution in [1.82, 2.24) is 15.1 Å². The number of nitrogens with one attached hydrogen (secondary N) is 1. The van der Waals surface area contributed by atoms with Crippen molar-refractivity contribution >= 4 is 11.8 Å². The molecule has 0 bridgehead atoms. The first-order valence-electron chi connectivity index (χ1n) is 13.3. The van der Waals surface area contributed by atoms with Crippen LogP contribution >= 0.6 is 0 Å². The molecule has 36 heavy (non-hydrogen) atoms. The van der Waals surface area contributed by atoms with Crippen LogP contribution < -0.4 is 10.1 Å². The highest BCUT2D eigenvalue weighted by Crippen LogP contribution is 2.25. The number of piperidine rings is 1. The summed E-state index contributed by atoms with van der Waals surface area (Å²) in [7, 11) is 0. The number of carbonyl (C=O) groups excluding carboxylic acids is 2. The number of ether oxygens (including phenoxy) is 1. The summed E-state index contributed by atoms with van der Waals surface area (Å²) in [5.74, 6) is 0.983. The second-order valence-corrected chi connectivity index (χ2v) is 9.97. The van der Waals surface area contributed by atoms with Crippen LogP contribution in [-0.2, 0) is 29.1 Å². The van der Waals surface area contributed by atoms with Crippen LogP contribution in [0.2, 0.25) is 0 Å². The highest BCUT2D eigenvalue weighted by atomic mass is 16.5. The van der Waals surface area contributed by atoms with E-state index in [1.165, 1.54) is 0 Å². The second kappa shape index (κ2) is 13.4. The monoisotopic (exact) mass is 493 g/mol. The first kappa shape index (κ1) is 26.2. The van der Waals surface area contributed by atoms with Gasteiger partial charge in [0.05, 0.1) is 19.3 Å². The third-order valence-electron chi connectivity index (χ3n) is 6.91. The molecule has 1 saturated heterocycles. The quantitative estimate of drug-likeness (QED) is 0.668. The second-order valence-electron chi connectivity index (χ2n) is 9.97. The number of aliphatic hydroxyl groups is 1. The summed E-state index contributed by atoms with van der Waals surface area (Å²) in [5, 5.41) is 13.0. The van der Waals surface area contributed by atoms with Crippen molar-refractivity contribution in [1.29, 1.82) is 0 Å². The summed E-state index contributed by atoms with van der Waals surface area (Å²) in [5.41, 5.74) is 3.27. The van der Waals surface area contributed by atoms with E-state index in [1.54, 1.807) is 4.90 Å². The van der Waals surface area contributed by atoms with Crippen LogP contribution in [0, 0.1) is 0 Å². The van der Waals surface area contributed by atoms with Gasteiger partial charge >= 0.3 is 0 Å². The lowest BCUT2D eigenvalue weighted by atomic mass is 10.0. The smallest absolute Gasteiger partial charge is 0.234 e. The zero-order valence-electron chi connectivity index (χ0n) is 21.2. The molecule has 0 radical (unpaired) electrons. The SMILES string of the molecule is O=C1CN(Cc2ccccc2)Cc2cc(CCC(=O)N3CCCC(O)C3)ccc2OCCCCCN1. The number of benzene rings is 2. The Morgan fingerprint density at radius 1 is 1.03 bits per heavy atom. The maximum absolute atomic E-state index is 12.7. The van der Waals surface area contributed by atoms with Crippen LogP contribution in [-0.4, -0.2) is 65.6 Å². The first-order valence-corrected chi connectivity index (χ1v) is 13.3. The third kappa shape index (κ3) is 8.07. The standard InChI is InChI=1S/C29H39N3O4/c33-26-10-7-16-32(21-26)29(35)14-12-23-11-13-27-25(18-23)20-31(19-24-8-3-1-4-9-24)22-28(34)30-15-5-2-6-17-36-27/h1,3-4,8-9,11,13,18,26,33H,2,5-7,10,12,14-17,19-22H2,(H,30,34). The van der Waals surface area contributed by atoms with Crippen LogP contribution in [0.5, 0.6) is 5.75 Å². The Balaban J connectivity index is 1.49. The molecule has 0 aromatic heterocycles.